The average Bonchev–Trinajstić information content (AvgIpc) is 2.53. The van der Waals surface area contributed by atoms with Gasteiger partial charge in [0.2, 0.25) is 5.91 Å². The van der Waals surface area contributed by atoms with Crippen LogP contribution in [0.2, 0.25) is 0 Å². The predicted octanol–water partition coefficient (Wildman–Crippen LogP) is 2.69. The van der Waals surface area contributed by atoms with Crippen LogP contribution in [0.4, 0.5) is 11.4 Å². The lowest BCUT2D eigenvalue weighted by molar-refractivity contribution is -0.135. The maximum atomic E-state index is 12.9. The third-order valence-electron chi connectivity index (χ3n) is 3.16. The largest absolute Gasteiger partial charge is 0.480 e. The van der Waals surface area contributed by atoms with E-state index in [2.05, 4.69) is 21.2 Å². The van der Waals surface area contributed by atoms with Crippen molar-refractivity contribution in [1.82, 2.24) is 0 Å². The highest BCUT2D eigenvalue weighted by Gasteiger charge is 2.28. The number of nitrogens with zero attached hydrogens (tertiary/aromatic N) is 1. The van der Waals surface area contributed by atoms with Crippen LogP contribution in [-0.4, -0.2) is 31.9 Å². The van der Waals surface area contributed by atoms with Crippen LogP contribution in [0.15, 0.2) is 57.9 Å². The van der Waals surface area contributed by atoms with Crippen LogP contribution >= 0.6 is 15.9 Å². The van der Waals surface area contributed by atoms with Crippen molar-refractivity contribution in [2.45, 2.75) is 11.8 Å². The lowest BCUT2D eigenvalue weighted by Gasteiger charge is -2.23. The maximum absolute atomic E-state index is 12.9. The van der Waals surface area contributed by atoms with E-state index in [1.54, 1.807) is 18.2 Å². The van der Waals surface area contributed by atoms with Crippen LogP contribution in [0, 0.1) is 0 Å². The second-order valence-corrected chi connectivity index (χ2v) is 7.78. The lowest BCUT2D eigenvalue weighted by atomic mass is 10.3. The van der Waals surface area contributed by atoms with Crippen molar-refractivity contribution in [2.75, 3.05) is 16.2 Å². The van der Waals surface area contributed by atoms with Gasteiger partial charge in [-0.2, -0.15) is 0 Å². The maximum Gasteiger partial charge on any atom is 0.324 e. The molecule has 0 unspecified atom stereocenters. The van der Waals surface area contributed by atoms with Gasteiger partial charge in [0, 0.05) is 17.1 Å². The van der Waals surface area contributed by atoms with Gasteiger partial charge in [0.15, 0.2) is 0 Å². The molecule has 0 saturated heterocycles. The molecule has 2 rings (SSSR count). The van der Waals surface area contributed by atoms with Gasteiger partial charge in [-0.3, -0.25) is 13.9 Å². The van der Waals surface area contributed by atoms with Crippen LogP contribution < -0.4 is 9.62 Å². The Morgan fingerprint density at radius 1 is 1.12 bits per heavy atom. The molecule has 0 aliphatic heterocycles. The van der Waals surface area contributed by atoms with E-state index in [9.17, 15) is 18.0 Å². The molecule has 0 aliphatic carbocycles. The number of amides is 1. The molecule has 1 amide bonds. The fraction of sp³-hybridized carbons (Fsp3) is 0.125. The standard InChI is InChI=1S/C16H15BrN2O5S/c1-11(20)18-12-6-8-13(9-7-12)25(23,24)19(10-16(21)22)15-5-3-2-4-14(15)17/h2-9H,10H2,1H3,(H,18,20)(H,21,22). The Balaban J connectivity index is 2.46. The van der Waals surface area contributed by atoms with Crippen molar-refractivity contribution in [3.63, 3.8) is 0 Å². The smallest absolute Gasteiger partial charge is 0.324 e. The van der Waals surface area contributed by atoms with Gasteiger partial charge in [0.1, 0.15) is 6.54 Å². The number of aliphatic carboxylic acids is 1. The number of anilines is 2. The Morgan fingerprint density at radius 2 is 1.72 bits per heavy atom. The van der Waals surface area contributed by atoms with Gasteiger partial charge < -0.3 is 10.4 Å². The Labute approximate surface area is 153 Å². The highest BCUT2D eigenvalue weighted by molar-refractivity contribution is 9.10. The summed E-state index contributed by atoms with van der Waals surface area (Å²) in [6.45, 7) is 0.616. The van der Waals surface area contributed by atoms with Crippen molar-refractivity contribution in [1.29, 1.82) is 0 Å². The lowest BCUT2D eigenvalue weighted by Crippen LogP contribution is -2.36. The van der Waals surface area contributed by atoms with E-state index < -0.39 is 22.5 Å². The first-order valence-corrected chi connectivity index (χ1v) is 9.32. The molecule has 0 saturated carbocycles. The van der Waals surface area contributed by atoms with Gasteiger partial charge in [0.05, 0.1) is 10.6 Å². The van der Waals surface area contributed by atoms with Crippen molar-refractivity contribution >= 4 is 49.2 Å². The highest BCUT2D eigenvalue weighted by atomic mass is 79.9. The van der Waals surface area contributed by atoms with Gasteiger partial charge in [-0.05, 0) is 52.3 Å². The molecule has 0 bridgehead atoms. The number of carboxylic acid groups (broad SMARTS) is 1. The summed E-state index contributed by atoms with van der Waals surface area (Å²) in [5, 5.41) is 11.7. The number of rotatable bonds is 6. The van der Waals surface area contributed by atoms with E-state index in [0.717, 1.165) is 4.31 Å². The normalized spacial score (nSPS) is 11.0. The van der Waals surface area contributed by atoms with Gasteiger partial charge in [-0.25, -0.2) is 8.42 Å². The Bertz CT molecular complexity index is 897. The first-order chi connectivity index (χ1) is 11.7. The number of carbonyl (C=O) groups is 2. The molecular formula is C16H15BrN2O5S. The molecule has 7 nitrogen and oxygen atoms in total. The molecule has 0 atom stereocenters. The fourth-order valence-electron chi connectivity index (χ4n) is 2.12. The topological polar surface area (TPSA) is 104 Å². The van der Waals surface area contributed by atoms with Crippen LogP contribution in [0.25, 0.3) is 0 Å². The van der Waals surface area contributed by atoms with Crippen molar-refractivity contribution in [3.05, 3.63) is 53.0 Å². The molecule has 132 valence electrons. The molecule has 0 heterocycles. The zero-order valence-electron chi connectivity index (χ0n) is 13.1. The van der Waals surface area contributed by atoms with E-state index in [-0.39, 0.29) is 16.5 Å². The second kappa shape index (κ2) is 7.66. The first-order valence-electron chi connectivity index (χ1n) is 7.08. The molecule has 0 aliphatic rings. The highest BCUT2D eigenvalue weighted by Crippen LogP contribution is 2.30. The van der Waals surface area contributed by atoms with Gasteiger partial charge in [-0.1, -0.05) is 12.1 Å². The third-order valence-corrected chi connectivity index (χ3v) is 5.61. The van der Waals surface area contributed by atoms with Crippen molar-refractivity contribution in [3.8, 4) is 0 Å². The number of hydrogen-bond donors (Lipinski definition) is 2. The fourth-order valence-corrected chi connectivity index (χ4v) is 4.17. The number of hydrogen-bond acceptors (Lipinski definition) is 4. The minimum absolute atomic E-state index is 0.0846. The Morgan fingerprint density at radius 3 is 2.24 bits per heavy atom. The molecule has 2 aromatic carbocycles. The monoisotopic (exact) mass is 426 g/mol. The third kappa shape index (κ3) is 4.58. The molecule has 0 radical (unpaired) electrons. The van der Waals surface area contributed by atoms with Gasteiger partial charge in [-0.15, -0.1) is 0 Å². The molecule has 0 spiro atoms. The van der Waals surface area contributed by atoms with Crippen LogP contribution in [-0.2, 0) is 19.6 Å². The van der Waals surface area contributed by atoms with Crippen LogP contribution in [0.5, 0.6) is 0 Å². The minimum Gasteiger partial charge on any atom is -0.480 e. The molecule has 0 aromatic heterocycles. The van der Waals surface area contributed by atoms with E-state index in [1.807, 2.05) is 0 Å². The quantitative estimate of drug-likeness (QED) is 0.738. The molecule has 0 fully saturated rings. The van der Waals surface area contributed by atoms with E-state index in [1.165, 1.54) is 37.3 Å². The number of carbonyl (C=O) groups excluding carboxylic acids is 1. The summed E-state index contributed by atoms with van der Waals surface area (Å²) in [6, 6.07) is 11.9. The average molecular weight is 427 g/mol. The summed E-state index contributed by atoms with van der Waals surface area (Å²) in [7, 11) is -4.11. The summed E-state index contributed by atoms with van der Waals surface area (Å²) in [4.78, 5) is 22.1. The number of halogens is 1. The zero-order chi connectivity index (χ0) is 18.6. The molecule has 2 N–H and O–H groups in total. The summed E-state index contributed by atoms with van der Waals surface area (Å²) < 4.78 is 27.1. The number of para-hydroxylation sites is 1. The number of sulfonamides is 1. The number of nitrogens with one attached hydrogen (secondary N) is 1. The number of carboxylic acids is 1. The van der Waals surface area contributed by atoms with E-state index in [4.69, 9.17) is 5.11 Å². The number of benzene rings is 2. The van der Waals surface area contributed by atoms with E-state index in [0.29, 0.717) is 10.2 Å². The first kappa shape index (κ1) is 18.9. The van der Waals surface area contributed by atoms with E-state index >= 15 is 0 Å². The van der Waals surface area contributed by atoms with Crippen molar-refractivity contribution in [2.24, 2.45) is 0 Å². The molecule has 2 aromatic rings. The van der Waals surface area contributed by atoms with Crippen LogP contribution in [0.1, 0.15) is 6.92 Å². The minimum atomic E-state index is -4.11. The summed E-state index contributed by atoms with van der Waals surface area (Å²) in [5.74, 6) is -1.56. The van der Waals surface area contributed by atoms with Gasteiger partial charge >= 0.3 is 5.97 Å². The van der Waals surface area contributed by atoms with Gasteiger partial charge in [0.25, 0.3) is 10.0 Å². The zero-order valence-corrected chi connectivity index (χ0v) is 15.5. The predicted molar refractivity (Wildman–Crippen MR) is 97.1 cm³/mol. The Kier molecular flexibility index (Phi) is 5.81. The molecular weight excluding hydrogens is 412 g/mol. The summed E-state index contributed by atoms with van der Waals surface area (Å²) in [5.41, 5.74) is 0.660. The SMILES string of the molecule is CC(=O)Nc1ccc(S(=O)(=O)N(CC(=O)O)c2ccccc2Br)cc1. The van der Waals surface area contributed by atoms with Crippen LogP contribution in [0.3, 0.4) is 0 Å². The second-order valence-electron chi connectivity index (χ2n) is 5.06. The molecule has 25 heavy (non-hydrogen) atoms. The summed E-state index contributed by atoms with van der Waals surface area (Å²) >= 11 is 3.24. The van der Waals surface area contributed by atoms with Crippen molar-refractivity contribution < 1.29 is 23.1 Å². The molecule has 9 heteroatoms. The summed E-state index contributed by atoms with van der Waals surface area (Å²) in [6.07, 6.45) is 0. The Hall–Kier alpha value is -2.39.